The number of benzene rings is 2. The summed E-state index contributed by atoms with van der Waals surface area (Å²) in [5, 5.41) is 19.9. The Kier molecular flexibility index (Phi) is 11.0. The molecule has 40 heavy (non-hydrogen) atoms. The Hall–Kier alpha value is -2.91. The van der Waals surface area contributed by atoms with Gasteiger partial charge in [0.15, 0.2) is 11.6 Å². The maximum absolute atomic E-state index is 15.0. The fourth-order valence-corrected chi connectivity index (χ4v) is 5.80. The van der Waals surface area contributed by atoms with E-state index in [0.717, 1.165) is 37.1 Å². The minimum atomic E-state index is -0.388. The first-order chi connectivity index (χ1) is 19.4. The van der Waals surface area contributed by atoms with Gasteiger partial charge in [0.05, 0.1) is 20.3 Å². The SMILES string of the molecule is COCCN(C)CCOc1ccc(CN(CCO)C2C=C(OC)C=CC2[C@@H]2CCc3cc(O)ccc3C2)cc1F. The second-order valence-electron chi connectivity index (χ2n) is 10.8. The molecule has 0 radical (unpaired) electrons. The molecule has 8 heteroatoms. The van der Waals surface area contributed by atoms with Gasteiger partial charge in [-0.25, -0.2) is 4.39 Å². The van der Waals surface area contributed by atoms with Gasteiger partial charge in [0.2, 0.25) is 0 Å². The van der Waals surface area contributed by atoms with Crippen molar-refractivity contribution in [3.05, 3.63) is 82.9 Å². The molecular formula is C32H43FN2O5. The monoisotopic (exact) mass is 554 g/mol. The fourth-order valence-electron chi connectivity index (χ4n) is 5.80. The van der Waals surface area contributed by atoms with Gasteiger partial charge in [-0.2, -0.15) is 0 Å². The number of phenols is 1. The second kappa shape index (κ2) is 14.6. The van der Waals surface area contributed by atoms with Crippen molar-refractivity contribution in [2.45, 2.75) is 31.8 Å². The molecule has 2 aromatic rings. The molecule has 3 atom stereocenters. The highest BCUT2D eigenvalue weighted by Crippen LogP contribution is 2.38. The third-order valence-electron chi connectivity index (χ3n) is 8.05. The predicted octanol–water partition coefficient (Wildman–Crippen LogP) is 4.17. The van der Waals surface area contributed by atoms with E-state index in [4.69, 9.17) is 14.2 Å². The third kappa shape index (κ3) is 7.85. The van der Waals surface area contributed by atoms with Crippen LogP contribution in [0.4, 0.5) is 4.39 Å². The van der Waals surface area contributed by atoms with Gasteiger partial charge in [0.25, 0.3) is 0 Å². The van der Waals surface area contributed by atoms with Crippen LogP contribution in [0.5, 0.6) is 11.5 Å². The van der Waals surface area contributed by atoms with Crippen molar-refractivity contribution >= 4 is 0 Å². The summed E-state index contributed by atoms with van der Waals surface area (Å²) in [5.74, 6) is 1.55. The molecule has 0 saturated heterocycles. The van der Waals surface area contributed by atoms with Crippen LogP contribution in [0, 0.1) is 17.7 Å². The van der Waals surface area contributed by atoms with Gasteiger partial charge in [0.1, 0.15) is 18.1 Å². The van der Waals surface area contributed by atoms with E-state index >= 15 is 4.39 Å². The molecular weight excluding hydrogens is 511 g/mol. The van der Waals surface area contributed by atoms with Crippen LogP contribution in [-0.2, 0) is 28.9 Å². The highest BCUT2D eigenvalue weighted by atomic mass is 19.1. The Morgan fingerprint density at radius 3 is 2.60 bits per heavy atom. The minimum Gasteiger partial charge on any atom is -0.508 e. The summed E-state index contributed by atoms with van der Waals surface area (Å²) in [6.07, 6.45) is 9.23. The van der Waals surface area contributed by atoms with Crippen LogP contribution in [0.25, 0.3) is 0 Å². The molecule has 0 amide bonds. The molecule has 4 rings (SSSR count). The zero-order valence-electron chi connectivity index (χ0n) is 23.9. The Labute approximate surface area is 237 Å². The normalized spacial score (nSPS) is 20.5. The number of phenolic OH excluding ortho intramolecular Hbond substituents is 1. The van der Waals surface area contributed by atoms with Crippen molar-refractivity contribution in [1.82, 2.24) is 9.80 Å². The van der Waals surface area contributed by atoms with Crippen molar-refractivity contribution in [2.75, 3.05) is 60.7 Å². The number of aromatic hydroxyl groups is 1. The Balaban J connectivity index is 1.46. The number of fused-ring (bicyclic) bond motifs is 1. The molecule has 0 aliphatic heterocycles. The smallest absolute Gasteiger partial charge is 0.165 e. The van der Waals surface area contributed by atoms with Crippen LogP contribution in [0.15, 0.2) is 60.4 Å². The maximum atomic E-state index is 15.0. The average molecular weight is 555 g/mol. The van der Waals surface area contributed by atoms with Crippen LogP contribution in [-0.4, -0.2) is 86.8 Å². The lowest BCUT2D eigenvalue weighted by Gasteiger charge is -2.41. The second-order valence-corrected chi connectivity index (χ2v) is 10.8. The molecule has 2 aliphatic rings. The van der Waals surface area contributed by atoms with Gasteiger partial charge < -0.3 is 29.3 Å². The van der Waals surface area contributed by atoms with Crippen LogP contribution >= 0.6 is 0 Å². The van der Waals surface area contributed by atoms with Gasteiger partial charge in [-0.15, -0.1) is 0 Å². The van der Waals surface area contributed by atoms with Crippen molar-refractivity contribution in [1.29, 1.82) is 0 Å². The maximum Gasteiger partial charge on any atom is 0.165 e. The molecule has 2 aromatic carbocycles. The molecule has 218 valence electrons. The summed E-state index contributed by atoms with van der Waals surface area (Å²) in [6, 6.07) is 10.8. The summed E-state index contributed by atoms with van der Waals surface area (Å²) >= 11 is 0. The van der Waals surface area contributed by atoms with E-state index in [9.17, 15) is 10.2 Å². The molecule has 0 saturated carbocycles. The van der Waals surface area contributed by atoms with E-state index in [1.807, 2.05) is 31.3 Å². The number of allylic oxidation sites excluding steroid dienone is 1. The number of methoxy groups -OCH3 is 2. The standard InChI is InChI=1S/C32H43FN2O5/c1-34(13-16-38-2)14-17-40-32-11-4-23(18-30(32)33)22-35(12-15-36)31-21-28(39-3)9-10-29(31)26-6-5-25-20-27(37)8-7-24(25)19-26/h4,7-11,18,20-21,26,29,31,36-37H,5-6,12-17,19,22H2,1-3H3/t26-,29?,31?/m1/s1. The quantitative estimate of drug-likeness (QED) is 0.363. The van der Waals surface area contributed by atoms with Crippen LogP contribution in [0.3, 0.4) is 0 Å². The van der Waals surface area contributed by atoms with Crippen molar-refractivity contribution < 1.29 is 28.8 Å². The summed E-state index contributed by atoms with van der Waals surface area (Å²) in [6.45, 7) is 3.42. The molecule has 2 N–H and O–H groups in total. The van der Waals surface area contributed by atoms with E-state index < -0.39 is 0 Å². The first-order valence-electron chi connectivity index (χ1n) is 14.1. The number of hydrogen-bond donors (Lipinski definition) is 2. The summed E-state index contributed by atoms with van der Waals surface area (Å²) in [5.41, 5.74) is 3.31. The fraction of sp³-hybridized carbons (Fsp3) is 0.500. The van der Waals surface area contributed by atoms with Crippen LogP contribution in [0.2, 0.25) is 0 Å². The molecule has 0 fully saturated rings. The number of rotatable bonds is 14. The number of ether oxygens (including phenoxy) is 3. The zero-order valence-corrected chi connectivity index (χ0v) is 23.9. The van der Waals surface area contributed by atoms with E-state index in [1.54, 1.807) is 26.4 Å². The Morgan fingerprint density at radius 1 is 1.02 bits per heavy atom. The largest absolute Gasteiger partial charge is 0.508 e. The topological polar surface area (TPSA) is 74.6 Å². The molecule has 0 bridgehead atoms. The molecule has 0 aromatic heterocycles. The molecule has 2 aliphatic carbocycles. The third-order valence-corrected chi connectivity index (χ3v) is 8.05. The highest BCUT2D eigenvalue weighted by molar-refractivity contribution is 5.37. The lowest BCUT2D eigenvalue weighted by Crippen LogP contribution is -2.44. The Morgan fingerprint density at radius 2 is 1.85 bits per heavy atom. The number of halogens is 1. The summed E-state index contributed by atoms with van der Waals surface area (Å²) < 4.78 is 31.4. The van der Waals surface area contributed by atoms with Gasteiger partial charge in [-0.1, -0.05) is 18.2 Å². The lowest BCUT2D eigenvalue weighted by atomic mass is 9.72. The number of likely N-dealkylation sites (N-methyl/N-ethyl adjacent to an activating group) is 1. The summed E-state index contributed by atoms with van der Waals surface area (Å²) in [4.78, 5) is 4.29. The number of aliphatic hydroxyl groups is 1. The highest BCUT2D eigenvalue weighted by Gasteiger charge is 2.35. The van der Waals surface area contributed by atoms with Crippen molar-refractivity contribution in [3.63, 3.8) is 0 Å². The van der Waals surface area contributed by atoms with E-state index in [-0.39, 0.29) is 30.1 Å². The first kappa shape index (κ1) is 30.1. The van der Waals surface area contributed by atoms with E-state index in [0.29, 0.717) is 44.5 Å². The molecule has 0 heterocycles. The average Bonchev–Trinajstić information content (AvgIpc) is 2.96. The summed E-state index contributed by atoms with van der Waals surface area (Å²) in [7, 11) is 5.31. The van der Waals surface area contributed by atoms with Gasteiger partial charge >= 0.3 is 0 Å². The Bertz CT molecular complexity index is 1170. The van der Waals surface area contributed by atoms with Gasteiger partial charge in [-0.05, 0) is 91.3 Å². The number of aliphatic hydroxyl groups excluding tert-OH is 1. The first-order valence-corrected chi connectivity index (χ1v) is 14.1. The predicted molar refractivity (Wildman–Crippen MR) is 154 cm³/mol. The molecule has 7 nitrogen and oxygen atoms in total. The van der Waals surface area contributed by atoms with Crippen molar-refractivity contribution in [3.8, 4) is 11.5 Å². The number of hydrogen-bond acceptors (Lipinski definition) is 7. The van der Waals surface area contributed by atoms with E-state index in [2.05, 4.69) is 22.0 Å². The minimum absolute atomic E-state index is 0.00384. The number of nitrogens with zero attached hydrogens (tertiary/aromatic N) is 2. The van der Waals surface area contributed by atoms with E-state index in [1.165, 1.54) is 17.2 Å². The van der Waals surface area contributed by atoms with Crippen molar-refractivity contribution in [2.24, 2.45) is 11.8 Å². The van der Waals surface area contributed by atoms with Crippen LogP contribution < -0.4 is 4.74 Å². The van der Waals surface area contributed by atoms with Crippen LogP contribution in [0.1, 0.15) is 23.1 Å². The number of aryl methyl sites for hydroxylation is 1. The lowest BCUT2D eigenvalue weighted by molar-refractivity contribution is 0.115. The molecule has 0 spiro atoms. The zero-order chi connectivity index (χ0) is 28.5. The molecule has 2 unspecified atom stereocenters. The van der Waals surface area contributed by atoms with Gasteiger partial charge in [0, 0.05) is 39.3 Å². The van der Waals surface area contributed by atoms with Gasteiger partial charge in [-0.3, -0.25) is 4.90 Å².